The minimum absolute atomic E-state index is 0.459. The molecule has 3 aliphatic heterocycles. The van der Waals surface area contributed by atoms with Gasteiger partial charge in [0.15, 0.2) is 0 Å². The maximum absolute atomic E-state index is 6.75. The number of nitrogens with one attached hydrogen (secondary N) is 2. The molecular formula is C45H34N4O2. The van der Waals surface area contributed by atoms with Gasteiger partial charge in [0.25, 0.3) is 0 Å². The number of H-pyrrole nitrogens is 2. The Morgan fingerprint density at radius 2 is 0.882 bits per heavy atom. The summed E-state index contributed by atoms with van der Waals surface area (Å²) in [4.78, 5) is 18.2. The summed E-state index contributed by atoms with van der Waals surface area (Å²) in [7, 11) is 0. The van der Waals surface area contributed by atoms with Gasteiger partial charge in [0.1, 0.15) is 0 Å². The van der Waals surface area contributed by atoms with Gasteiger partial charge in [0, 0.05) is 34.3 Å². The van der Waals surface area contributed by atoms with Crippen molar-refractivity contribution in [2.24, 2.45) is 0 Å². The summed E-state index contributed by atoms with van der Waals surface area (Å²) in [6.07, 6.45) is 7.66. The molecule has 6 aromatic rings. The molecule has 1 atom stereocenters. The second-order valence-electron chi connectivity index (χ2n) is 12.5. The lowest BCUT2D eigenvalue weighted by atomic mass is 10.0. The molecule has 9 rings (SSSR count). The summed E-state index contributed by atoms with van der Waals surface area (Å²) < 4.78 is 13.1. The minimum atomic E-state index is -0.696. The monoisotopic (exact) mass is 662 g/mol. The summed E-state index contributed by atoms with van der Waals surface area (Å²) in [6.45, 7) is 2.44. The van der Waals surface area contributed by atoms with Crippen molar-refractivity contribution in [3.8, 4) is 50.4 Å². The number of benzene rings is 4. The second-order valence-corrected chi connectivity index (χ2v) is 12.5. The van der Waals surface area contributed by atoms with E-state index in [1.165, 1.54) is 0 Å². The van der Waals surface area contributed by atoms with Crippen molar-refractivity contribution in [1.29, 1.82) is 0 Å². The number of fused-ring (bicyclic) bond motifs is 8. The molecular weight excluding hydrogens is 629 g/mol. The lowest BCUT2D eigenvalue weighted by Crippen LogP contribution is -2.09. The Morgan fingerprint density at radius 3 is 1.33 bits per heavy atom. The van der Waals surface area contributed by atoms with Crippen molar-refractivity contribution in [1.82, 2.24) is 19.9 Å². The molecule has 1 unspecified atom stereocenters. The van der Waals surface area contributed by atoms with Gasteiger partial charge in [-0.3, -0.25) is 0 Å². The number of ether oxygens (including phenoxy) is 2. The van der Waals surface area contributed by atoms with E-state index >= 15 is 0 Å². The highest BCUT2D eigenvalue weighted by Crippen LogP contribution is 2.43. The van der Waals surface area contributed by atoms with E-state index in [0.29, 0.717) is 12.5 Å². The molecule has 0 saturated carbocycles. The molecule has 3 aliphatic rings. The Hall–Kier alpha value is -6.50. The Bertz CT molecular complexity index is 2500. The molecule has 2 N–H and O–H groups in total. The molecule has 0 amide bonds. The fourth-order valence-electron chi connectivity index (χ4n) is 7.05. The first-order valence-electron chi connectivity index (χ1n) is 17.2. The fraction of sp³-hybridized carbons (Fsp3) is 0.0667. The Labute approximate surface area is 296 Å². The Balaban J connectivity index is 1.49. The van der Waals surface area contributed by atoms with Gasteiger partial charge >= 0.3 is 0 Å². The molecule has 5 heterocycles. The van der Waals surface area contributed by atoms with Crippen LogP contribution in [0.1, 0.15) is 41.7 Å². The normalized spacial score (nSPS) is 13.9. The smallest absolute Gasteiger partial charge is 0.244 e. The van der Waals surface area contributed by atoms with Gasteiger partial charge in [0.2, 0.25) is 12.2 Å². The van der Waals surface area contributed by atoms with Crippen LogP contribution in [-0.4, -0.2) is 26.5 Å². The van der Waals surface area contributed by atoms with Crippen LogP contribution in [0, 0.1) is 0 Å². The van der Waals surface area contributed by atoms with Gasteiger partial charge < -0.3 is 19.4 Å². The van der Waals surface area contributed by atoms with Crippen LogP contribution in [0.25, 0.3) is 79.8 Å². The zero-order valence-electron chi connectivity index (χ0n) is 28.0. The van der Waals surface area contributed by atoms with E-state index in [9.17, 15) is 0 Å². The zero-order valence-corrected chi connectivity index (χ0v) is 28.0. The van der Waals surface area contributed by atoms with E-state index in [4.69, 9.17) is 19.4 Å². The van der Waals surface area contributed by atoms with E-state index in [-0.39, 0.29) is 0 Å². The SMILES string of the molecule is CCOC1Oc2[nH]c1c(-c1ccccc1)c1nc(c(-c3ccccc3)c3ccc([nH]3)c(-c3ccccc3)c3nc(c2-c2ccccc2)C=C3)C=C1. The summed E-state index contributed by atoms with van der Waals surface area (Å²) in [5.41, 5.74) is 13.9. The van der Waals surface area contributed by atoms with Crippen molar-refractivity contribution in [3.63, 3.8) is 0 Å². The van der Waals surface area contributed by atoms with Crippen LogP contribution in [0.2, 0.25) is 0 Å². The number of aromatic amines is 2. The molecule has 8 bridgehead atoms. The lowest BCUT2D eigenvalue weighted by Gasteiger charge is -2.15. The van der Waals surface area contributed by atoms with E-state index in [1.54, 1.807) is 0 Å². The fourth-order valence-corrected chi connectivity index (χ4v) is 7.05. The summed E-state index contributed by atoms with van der Waals surface area (Å²) in [5.74, 6) is 0.576. The number of aromatic nitrogens is 4. The van der Waals surface area contributed by atoms with Crippen molar-refractivity contribution >= 4 is 35.3 Å². The highest BCUT2D eigenvalue weighted by Gasteiger charge is 2.30. The quantitative estimate of drug-likeness (QED) is 0.186. The van der Waals surface area contributed by atoms with Crippen LogP contribution < -0.4 is 4.74 Å². The van der Waals surface area contributed by atoms with Crippen LogP contribution in [0.4, 0.5) is 0 Å². The first-order valence-corrected chi connectivity index (χ1v) is 17.2. The maximum Gasteiger partial charge on any atom is 0.244 e. The van der Waals surface area contributed by atoms with E-state index in [1.807, 2.05) is 55.5 Å². The Kier molecular flexibility index (Phi) is 7.84. The summed E-state index contributed by atoms with van der Waals surface area (Å²) in [5, 5.41) is 0. The van der Waals surface area contributed by atoms with Gasteiger partial charge in [-0.2, -0.15) is 0 Å². The predicted molar refractivity (Wildman–Crippen MR) is 207 cm³/mol. The summed E-state index contributed by atoms with van der Waals surface area (Å²) >= 11 is 0. The summed E-state index contributed by atoms with van der Waals surface area (Å²) in [6, 6.07) is 45.7. The average Bonchev–Trinajstić information content (AvgIpc) is 4.01. The van der Waals surface area contributed by atoms with Crippen LogP contribution >= 0.6 is 0 Å². The first-order chi connectivity index (χ1) is 25.2. The van der Waals surface area contributed by atoms with Gasteiger partial charge in [-0.1, -0.05) is 121 Å². The molecule has 0 radical (unpaired) electrons. The van der Waals surface area contributed by atoms with Crippen molar-refractivity contribution in [2.45, 2.75) is 13.2 Å². The molecule has 2 aromatic heterocycles. The highest BCUT2D eigenvalue weighted by molar-refractivity contribution is 5.96. The lowest BCUT2D eigenvalue weighted by molar-refractivity contribution is -0.0698. The first kappa shape index (κ1) is 30.6. The molecule has 0 fully saturated rings. The van der Waals surface area contributed by atoms with Crippen LogP contribution in [0.5, 0.6) is 5.88 Å². The van der Waals surface area contributed by atoms with Crippen molar-refractivity contribution < 1.29 is 9.47 Å². The van der Waals surface area contributed by atoms with Gasteiger partial charge in [0.05, 0.1) is 34.0 Å². The van der Waals surface area contributed by atoms with Gasteiger partial charge in [-0.05, 0) is 65.6 Å². The van der Waals surface area contributed by atoms with E-state index < -0.39 is 6.29 Å². The molecule has 246 valence electrons. The standard InChI is InChI=1S/C45H34N4O2/c1-2-50-45-43-41(31-19-11-5-12-20-31)37-27-25-35(47-37)39(29-15-7-3-8-16-29)33-23-24-34(46-33)40(30-17-9-4-10-18-30)36-26-28-38(48-36)42(44(49-43)51-45)32-21-13-6-14-22-32/h3-28,45-46,49H,2H2,1H3. The topological polar surface area (TPSA) is 75.8 Å². The molecule has 0 aliphatic carbocycles. The number of nitrogens with zero attached hydrogens (tertiary/aromatic N) is 2. The van der Waals surface area contributed by atoms with Crippen molar-refractivity contribution in [2.75, 3.05) is 6.61 Å². The minimum Gasteiger partial charge on any atom is -0.443 e. The van der Waals surface area contributed by atoms with E-state index in [0.717, 1.165) is 84.0 Å². The largest absolute Gasteiger partial charge is 0.443 e. The molecule has 51 heavy (non-hydrogen) atoms. The van der Waals surface area contributed by atoms with Crippen LogP contribution in [-0.2, 0) is 4.74 Å². The van der Waals surface area contributed by atoms with Gasteiger partial charge in [-0.15, -0.1) is 0 Å². The number of rotatable bonds is 6. The van der Waals surface area contributed by atoms with Crippen LogP contribution in [0.15, 0.2) is 133 Å². The Morgan fingerprint density at radius 1 is 0.490 bits per heavy atom. The third-order valence-electron chi connectivity index (χ3n) is 9.30. The second kappa shape index (κ2) is 13.1. The molecule has 4 aromatic carbocycles. The number of hydrogen-bond acceptors (Lipinski definition) is 4. The molecule has 0 saturated heterocycles. The van der Waals surface area contributed by atoms with E-state index in [2.05, 4.69) is 119 Å². The molecule has 6 heteroatoms. The third-order valence-corrected chi connectivity index (χ3v) is 9.30. The maximum atomic E-state index is 6.75. The van der Waals surface area contributed by atoms with Gasteiger partial charge in [-0.25, -0.2) is 9.97 Å². The molecule has 0 spiro atoms. The highest BCUT2D eigenvalue weighted by atomic mass is 16.7. The van der Waals surface area contributed by atoms with Crippen molar-refractivity contribution in [3.05, 3.63) is 162 Å². The average molecular weight is 663 g/mol. The third kappa shape index (κ3) is 5.62. The number of hydrogen-bond donors (Lipinski definition) is 2. The zero-order chi connectivity index (χ0) is 34.1. The van der Waals surface area contributed by atoms with Crippen LogP contribution in [0.3, 0.4) is 0 Å². The predicted octanol–water partition coefficient (Wildman–Crippen LogP) is 11.2. The molecule has 6 nitrogen and oxygen atoms in total.